The normalized spacial score (nSPS) is 47.9. The number of allylic oxidation sites excluding steroid dienone is 4. The zero-order valence-corrected chi connectivity index (χ0v) is 17.5. The van der Waals surface area contributed by atoms with Gasteiger partial charge in [-0.15, -0.1) is 0 Å². The van der Waals surface area contributed by atoms with Crippen molar-refractivity contribution < 1.29 is 23.9 Å². The van der Waals surface area contributed by atoms with Crippen molar-refractivity contribution in [3.05, 3.63) is 23.8 Å². The molecule has 0 aromatic carbocycles. The highest BCUT2D eigenvalue weighted by Crippen LogP contribution is 2.69. The molecule has 0 radical (unpaired) electrons. The molecule has 7 atom stereocenters. The average Bonchev–Trinajstić information content (AvgIpc) is 3.13. The number of carbonyl (C=O) groups excluding carboxylic acids is 3. The zero-order valence-electron chi connectivity index (χ0n) is 17.5. The van der Waals surface area contributed by atoms with Crippen LogP contribution in [0.1, 0.15) is 65.7 Å². The van der Waals surface area contributed by atoms with E-state index in [1.54, 1.807) is 0 Å². The third-order valence-corrected chi connectivity index (χ3v) is 9.10. The molecule has 0 aromatic heterocycles. The Balaban J connectivity index is 1.59. The van der Waals surface area contributed by atoms with Gasteiger partial charge in [0.25, 0.3) is 0 Å². The molecule has 3 fully saturated rings. The lowest BCUT2D eigenvalue weighted by molar-refractivity contribution is -0.166. The van der Waals surface area contributed by atoms with Crippen molar-refractivity contribution in [1.29, 1.82) is 0 Å². The Morgan fingerprint density at radius 2 is 1.97 bits per heavy atom. The first-order chi connectivity index (χ1) is 13.7. The first kappa shape index (κ1) is 19.1. The van der Waals surface area contributed by atoms with Gasteiger partial charge in [-0.25, -0.2) is 0 Å². The van der Waals surface area contributed by atoms with Crippen LogP contribution in [-0.2, 0) is 23.9 Å². The molecule has 2 saturated carbocycles. The minimum Gasteiger partial charge on any atom is -0.462 e. The molecule has 0 aromatic rings. The standard InChI is InChI=1S/C24H30O5/c1-14(25)28-19-13-24(11-8-20(27)29-24)23(3)10-7-18-17(21(19)23)5-4-15-12-16(26)6-9-22(15,18)2/h4-5,12,17-19,21H,6-11,13H2,1-3H3/t17-,18+,19+,21-,22+,23+,24+/m1/s1. The van der Waals surface area contributed by atoms with Crippen LogP contribution in [0.25, 0.3) is 0 Å². The molecule has 5 rings (SSSR count). The van der Waals surface area contributed by atoms with Crippen molar-refractivity contribution in [2.75, 3.05) is 0 Å². The van der Waals surface area contributed by atoms with Crippen LogP contribution in [-0.4, -0.2) is 29.4 Å². The van der Waals surface area contributed by atoms with Crippen LogP contribution in [0.4, 0.5) is 0 Å². The van der Waals surface area contributed by atoms with Crippen LogP contribution in [0, 0.1) is 28.6 Å². The van der Waals surface area contributed by atoms with Crippen molar-refractivity contribution in [2.24, 2.45) is 28.6 Å². The number of ketones is 1. The molecule has 5 nitrogen and oxygen atoms in total. The number of fused-ring (bicyclic) bond motifs is 6. The molecule has 156 valence electrons. The van der Waals surface area contributed by atoms with E-state index in [1.807, 2.05) is 6.08 Å². The maximum Gasteiger partial charge on any atom is 0.306 e. The Bertz CT molecular complexity index is 855. The van der Waals surface area contributed by atoms with E-state index in [4.69, 9.17) is 9.47 Å². The van der Waals surface area contributed by atoms with E-state index in [-0.39, 0.29) is 46.5 Å². The van der Waals surface area contributed by atoms with Crippen LogP contribution >= 0.6 is 0 Å². The summed E-state index contributed by atoms with van der Waals surface area (Å²) in [6.45, 7) is 6.02. The van der Waals surface area contributed by atoms with Gasteiger partial charge < -0.3 is 9.47 Å². The second-order valence-electron chi connectivity index (χ2n) is 10.3. The Morgan fingerprint density at radius 3 is 2.66 bits per heavy atom. The highest BCUT2D eigenvalue weighted by atomic mass is 16.6. The summed E-state index contributed by atoms with van der Waals surface area (Å²) in [4.78, 5) is 36.1. The molecule has 1 heterocycles. The summed E-state index contributed by atoms with van der Waals surface area (Å²) in [5, 5.41) is 0. The van der Waals surface area contributed by atoms with Crippen LogP contribution in [0.15, 0.2) is 23.8 Å². The predicted molar refractivity (Wildman–Crippen MR) is 106 cm³/mol. The molecular weight excluding hydrogens is 368 g/mol. The van der Waals surface area contributed by atoms with Gasteiger partial charge in [0, 0.05) is 37.5 Å². The maximum atomic E-state index is 12.1. The average molecular weight is 398 g/mol. The van der Waals surface area contributed by atoms with Crippen molar-refractivity contribution >= 4 is 17.7 Å². The SMILES string of the molecule is CC(=O)O[C@H]1C[C@@]2(CCC(=O)O2)[C@@]2(C)CC[C@H]3[C@@H](C=CC4=CC(=O)CC[C@@]43C)[C@H]12. The summed E-state index contributed by atoms with van der Waals surface area (Å²) in [5.74, 6) is 0.621. The van der Waals surface area contributed by atoms with Gasteiger partial charge in [-0.3, -0.25) is 14.4 Å². The van der Waals surface area contributed by atoms with E-state index in [0.29, 0.717) is 31.6 Å². The van der Waals surface area contributed by atoms with Gasteiger partial charge in [-0.2, -0.15) is 0 Å². The van der Waals surface area contributed by atoms with Crippen molar-refractivity contribution in [3.63, 3.8) is 0 Å². The Kier molecular flexibility index (Phi) is 3.98. The summed E-state index contributed by atoms with van der Waals surface area (Å²) in [6.07, 6.45) is 11.2. The van der Waals surface area contributed by atoms with Gasteiger partial charge in [0.15, 0.2) is 5.78 Å². The first-order valence-electron chi connectivity index (χ1n) is 11.0. The van der Waals surface area contributed by atoms with Crippen molar-refractivity contribution in [1.82, 2.24) is 0 Å². The molecule has 0 bridgehead atoms. The fraction of sp³-hybridized carbons (Fsp3) is 0.708. The summed E-state index contributed by atoms with van der Waals surface area (Å²) in [6, 6.07) is 0. The number of rotatable bonds is 1. The number of ether oxygens (including phenoxy) is 2. The summed E-state index contributed by atoms with van der Waals surface area (Å²) in [7, 11) is 0. The Morgan fingerprint density at radius 1 is 1.17 bits per heavy atom. The minimum atomic E-state index is -0.521. The molecule has 1 saturated heterocycles. The smallest absolute Gasteiger partial charge is 0.306 e. The number of hydrogen-bond acceptors (Lipinski definition) is 5. The fourth-order valence-electron chi connectivity index (χ4n) is 7.65. The molecule has 0 amide bonds. The molecule has 0 unspecified atom stereocenters. The number of esters is 2. The molecule has 1 aliphatic heterocycles. The van der Waals surface area contributed by atoms with E-state index in [9.17, 15) is 14.4 Å². The van der Waals surface area contributed by atoms with Crippen molar-refractivity contribution in [2.45, 2.75) is 77.4 Å². The third-order valence-electron chi connectivity index (χ3n) is 9.10. The van der Waals surface area contributed by atoms with Gasteiger partial charge in [0.05, 0.1) is 0 Å². The maximum absolute atomic E-state index is 12.1. The van der Waals surface area contributed by atoms with Gasteiger partial charge in [0.2, 0.25) is 0 Å². The van der Waals surface area contributed by atoms with Crippen LogP contribution < -0.4 is 0 Å². The molecule has 5 heteroatoms. The fourth-order valence-corrected chi connectivity index (χ4v) is 7.65. The monoisotopic (exact) mass is 398 g/mol. The van der Waals surface area contributed by atoms with E-state index >= 15 is 0 Å². The lowest BCUT2D eigenvalue weighted by atomic mass is 9.48. The second-order valence-corrected chi connectivity index (χ2v) is 10.3. The van der Waals surface area contributed by atoms with Crippen LogP contribution in [0.3, 0.4) is 0 Å². The quantitative estimate of drug-likeness (QED) is 0.627. The van der Waals surface area contributed by atoms with E-state index in [1.165, 1.54) is 6.92 Å². The van der Waals surface area contributed by atoms with E-state index in [2.05, 4.69) is 26.0 Å². The van der Waals surface area contributed by atoms with E-state index < -0.39 is 5.60 Å². The molecule has 29 heavy (non-hydrogen) atoms. The topological polar surface area (TPSA) is 69.7 Å². The Hall–Kier alpha value is -1.91. The van der Waals surface area contributed by atoms with Gasteiger partial charge in [-0.05, 0) is 54.6 Å². The Labute approximate surface area is 171 Å². The lowest BCUT2D eigenvalue weighted by Crippen LogP contribution is -2.54. The van der Waals surface area contributed by atoms with Crippen LogP contribution in [0.5, 0.6) is 0 Å². The summed E-state index contributed by atoms with van der Waals surface area (Å²) < 4.78 is 11.9. The van der Waals surface area contributed by atoms with Gasteiger partial charge in [0.1, 0.15) is 11.7 Å². The van der Waals surface area contributed by atoms with Gasteiger partial charge in [-0.1, -0.05) is 26.0 Å². The van der Waals surface area contributed by atoms with Crippen LogP contribution in [0.2, 0.25) is 0 Å². The minimum absolute atomic E-state index is 0.0163. The summed E-state index contributed by atoms with van der Waals surface area (Å²) >= 11 is 0. The van der Waals surface area contributed by atoms with Gasteiger partial charge >= 0.3 is 11.9 Å². The highest BCUT2D eigenvalue weighted by Gasteiger charge is 2.70. The number of hydrogen-bond donors (Lipinski definition) is 0. The number of carbonyl (C=O) groups is 3. The first-order valence-corrected chi connectivity index (χ1v) is 11.0. The largest absolute Gasteiger partial charge is 0.462 e. The molecule has 5 aliphatic rings. The molecule has 0 N–H and O–H groups in total. The highest BCUT2D eigenvalue weighted by molar-refractivity contribution is 5.92. The molecular formula is C24H30O5. The second kappa shape index (κ2) is 6.05. The molecule has 1 spiro atoms. The van der Waals surface area contributed by atoms with E-state index in [0.717, 1.165) is 24.8 Å². The zero-order chi connectivity index (χ0) is 20.6. The lowest BCUT2D eigenvalue weighted by Gasteiger charge is -2.57. The summed E-state index contributed by atoms with van der Waals surface area (Å²) in [5.41, 5.74) is 0.417. The van der Waals surface area contributed by atoms with Crippen molar-refractivity contribution in [3.8, 4) is 0 Å². The third kappa shape index (κ3) is 2.48. The molecule has 4 aliphatic carbocycles. The predicted octanol–water partition coefficient (Wildman–Crippen LogP) is 3.91.